The first-order valence-electron chi connectivity index (χ1n) is 12.2. The number of halogens is 2. The SMILES string of the molecule is C=C(Br)C(=O)Nc1cccc(N=Nc2c(N)ccc3c(O)c(N=Nc4cc(NC(=O)C(=C)Br)ccc4S(=O)(=O)O)ccc23)c1. The second kappa shape index (κ2) is 13.3. The maximum atomic E-state index is 12.0. The second-order valence-electron chi connectivity index (χ2n) is 8.86. The van der Waals surface area contributed by atoms with Gasteiger partial charge in [-0.25, -0.2) is 0 Å². The van der Waals surface area contributed by atoms with Gasteiger partial charge in [0.25, 0.3) is 21.9 Å². The zero-order chi connectivity index (χ0) is 32.2. The van der Waals surface area contributed by atoms with Crippen LogP contribution in [0.4, 0.5) is 39.8 Å². The lowest BCUT2D eigenvalue weighted by atomic mass is 10.1. The lowest BCUT2D eigenvalue weighted by Gasteiger charge is -2.09. The molecule has 4 rings (SSSR count). The van der Waals surface area contributed by atoms with Gasteiger partial charge in [-0.05, 0) is 92.5 Å². The highest BCUT2D eigenvalue weighted by Gasteiger charge is 2.18. The van der Waals surface area contributed by atoms with Crippen LogP contribution in [0.3, 0.4) is 0 Å². The Morgan fingerprint density at radius 3 is 2.02 bits per heavy atom. The van der Waals surface area contributed by atoms with Gasteiger partial charge in [-0.1, -0.05) is 19.2 Å². The number of amides is 2. The minimum absolute atomic E-state index is 0.0269. The summed E-state index contributed by atoms with van der Waals surface area (Å²) in [5.41, 5.74) is 7.32. The van der Waals surface area contributed by atoms with Crippen molar-refractivity contribution in [3.63, 3.8) is 0 Å². The molecule has 0 aromatic heterocycles. The van der Waals surface area contributed by atoms with Crippen molar-refractivity contribution in [3.8, 4) is 5.75 Å². The van der Waals surface area contributed by atoms with E-state index < -0.39 is 26.8 Å². The summed E-state index contributed by atoms with van der Waals surface area (Å²) in [7, 11) is -4.72. The third-order valence-corrected chi connectivity index (χ3v) is 7.40. The molecule has 4 aromatic carbocycles. The summed E-state index contributed by atoms with van der Waals surface area (Å²) >= 11 is 5.97. The molecule has 0 heterocycles. The number of nitrogens with one attached hydrogen (secondary N) is 2. The molecule has 0 spiro atoms. The number of rotatable bonds is 9. The van der Waals surface area contributed by atoms with Crippen LogP contribution in [0, 0.1) is 0 Å². The molecule has 0 saturated heterocycles. The van der Waals surface area contributed by atoms with Crippen molar-refractivity contribution >= 4 is 104 Å². The van der Waals surface area contributed by atoms with Gasteiger partial charge in [-0.2, -0.15) is 13.5 Å². The molecule has 0 aliphatic carbocycles. The van der Waals surface area contributed by atoms with E-state index in [-0.39, 0.29) is 48.5 Å². The summed E-state index contributed by atoms with van der Waals surface area (Å²) in [6.07, 6.45) is 0. The number of benzene rings is 4. The highest BCUT2D eigenvalue weighted by Crippen LogP contribution is 2.42. The quantitative estimate of drug-likeness (QED) is 0.0495. The molecule has 4 aromatic rings. The molecular weight excluding hydrogens is 722 g/mol. The Morgan fingerprint density at radius 1 is 0.773 bits per heavy atom. The molecule has 0 aliphatic rings. The van der Waals surface area contributed by atoms with Gasteiger partial charge in [-0.15, -0.1) is 15.3 Å². The standard InChI is InChI=1S/C28H21Br2N7O6S/c1-14(29)27(39)32-16-4-3-5-18(12-16)34-37-25-19-8-10-22(26(38)20(19)7-9-21(25)31)35-36-23-13-17(33-28(40)15(2)30)6-11-24(23)44(41,42)43/h3-13,38H,1-2,31H2,(H,32,39)(H,33,40)(H,41,42,43). The van der Waals surface area contributed by atoms with Gasteiger partial charge in [-0.3, -0.25) is 14.1 Å². The largest absolute Gasteiger partial charge is 0.505 e. The van der Waals surface area contributed by atoms with Crippen LogP contribution in [0.5, 0.6) is 5.75 Å². The molecule has 0 saturated carbocycles. The lowest BCUT2D eigenvalue weighted by Crippen LogP contribution is -2.10. The van der Waals surface area contributed by atoms with E-state index in [1.54, 1.807) is 30.3 Å². The van der Waals surface area contributed by atoms with Crippen molar-refractivity contribution in [2.75, 3.05) is 16.4 Å². The van der Waals surface area contributed by atoms with Crippen molar-refractivity contribution in [1.82, 2.24) is 0 Å². The van der Waals surface area contributed by atoms with E-state index in [0.717, 1.165) is 6.07 Å². The molecule has 44 heavy (non-hydrogen) atoms. The predicted octanol–water partition coefficient (Wildman–Crippen LogP) is 7.90. The monoisotopic (exact) mass is 741 g/mol. The highest BCUT2D eigenvalue weighted by atomic mass is 79.9. The average molecular weight is 743 g/mol. The van der Waals surface area contributed by atoms with E-state index in [1.807, 2.05) is 0 Å². The van der Waals surface area contributed by atoms with Gasteiger partial charge in [0.2, 0.25) is 0 Å². The topological polar surface area (TPSA) is 208 Å². The molecule has 0 fully saturated rings. The molecule has 16 heteroatoms. The van der Waals surface area contributed by atoms with E-state index in [2.05, 4.69) is 76.1 Å². The zero-order valence-electron chi connectivity index (χ0n) is 22.3. The van der Waals surface area contributed by atoms with Gasteiger partial charge in [0.1, 0.15) is 22.0 Å². The van der Waals surface area contributed by atoms with Crippen LogP contribution >= 0.6 is 31.9 Å². The maximum absolute atomic E-state index is 12.0. The lowest BCUT2D eigenvalue weighted by molar-refractivity contribution is -0.112. The Kier molecular flexibility index (Phi) is 9.68. The van der Waals surface area contributed by atoms with E-state index in [9.17, 15) is 27.7 Å². The van der Waals surface area contributed by atoms with Gasteiger partial charge >= 0.3 is 0 Å². The van der Waals surface area contributed by atoms with Crippen LogP contribution in [-0.2, 0) is 19.7 Å². The van der Waals surface area contributed by atoms with Crippen molar-refractivity contribution < 1.29 is 27.7 Å². The normalized spacial score (nSPS) is 11.6. The number of carbonyl (C=O) groups excluding carboxylic acids is 2. The van der Waals surface area contributed by atoms with Crippen LogP contribution in [0.15, 0.2) is 114 Å². The Balaban J connectivity index is 1.69. The first kappa shape index (κ1) is 32.2. The van der Waals surface area contributed by atoms with Crippen molar-refractivity contribution in [1.29, 1.82) is 0 Å². The summed E-state index contributed by atoms with van der Waals surface area (Å²) in [6, 6.07) is 16.1. The molecule has 0 aliphatic heterocycles. The van der Waals surface area contributed by atoms with Crippen molar-refractivity contribution in [2.45, 2.75) is 4.90 Å². The number of anilines is 3. The van der Waals surface area contributed by atoms with Gasteiger partial charge in [0.15, 0.2) is 5.75 Å². The van der Waals surface area contributed by atoms with Gasteiger partial charge < -0.3 is 21.5 Å². The minimum atomic E-state index is -4.72. The third kappa shape index (κ3) is 7.59. The molecule has 0 unspecified atom stereocenters. The molecule has 0 radical (unpaired) electrons. The summed E-state index contributed by atoms with van der Waals surface area (Å²) < 4.78 is 33.7. The number of phenols is 1. The molecule has 224 valence electrons. The Labute approximate surface area is 267 Å². The predicted molar refractivity (Wildman–Crippen MR) is 174 cm³/mol. The Bertz CT molecular complexity index is 2030. The number of aromatic hydroxyl groups is 1. The number of fused-ring (bicyclic) bond motifs is 1. The number of carbonyl (C=O) groups is 2. The van der Waals surface area contributed by atoms with E-state index in [4.69, 9.17) is 5.73 Å². The minimum Gasteiger partial charge on any atom is -0.505 e. The van der Waals surface area contributed by atoms with Crippen molar-refractivity contribution in [2.24, 2.45) is 20.5 Å². The van der Waals surface area contributed by atoms with Crippen molar-refractivity contribution in [3.05, 3.63) is 88.9 Å². The maximum Gasteiger partial charge on any atom is 0.296 e. The zero-order valence-corrected chi connectivity index (χ0v) is 26.3. The number of nitrogens with two attached hydrogens (primary N) is 1. The van der Waals surface area contributed by atoms with Gasteiger partial charge in [0.05, 0.1) is 20.3 Å². The van der Waals surface area contributed by atoms with Crippen LogP contribution < -0.4 is 16.4 Å². The molecule has 2 amide bonds. The molecular formula is C28H21Br2N7O6S. The van der Waals surface area contributed by atoms with Crippen LogP contribution in [0.2, 0.25) is 0 Å². The number of phenolic OH excluding ortho intramolecular Hbond substituents is 1. The molecule has 13 nitrogen and oxygen atoms in total. The fourth-order valence-electron chi connectivity index (χ4n) is 3.72. The van der Waals surface area contributed by atoms with Crippen LogP contribution in [0.25, 0.3) is 10.8 Å². The molecule has 0 bridgehead atoms. The van der Waals surface area contributed by atoms with Crippen LogP contribution in [0.1, 0.15) is 0 Å². The summed E-state index contributed by atoms with van der Waals surface area (Å²) in [5, 5.41) is 33.2. The number of azo groups is 2. The number of hydrogen-bond acceptors (Lipinski definition) is 10. The van der Waals surface area contributed by atoms with E-state index in [0.29, 0.717) is 16.8 Å². The second-order valence-corrected chi connectivity index (χ2v) is 12.2. The highest BCUT2D eigenvalue weighted by molar-refractivity contribution is 9.12. The first-order chi connectivity index (χ1) is 20.7. The fraction of sp³-hybridized carbons (Fsp3) is 0. The van der Waals surface area contributed by atoms with Crippen LogP contribution in [-0.4, -0.2) is 29.9 Å². The van der Waals surface area contributed by atoms with E-state index in [1.165, 1.54) is 30.3 Å². The summed E-state index contributed by atoms with van der Waals surface area (Å²) in [6.45, 7) is 6.98. The first-order valence-corrected chi connectivity index (χ1v) is 15.2. The molecule has 0 atom stereocenters. The Morgan fingerprint density at radius 2 is 1.39 bits per heavy atom. The number of nitrogen functional groups attached to an aromatic ring is 1. The molecule has 6 N–H and O–H groups in total. The number of nitrogens with zero attached hydrogens (tertiary/aromatic N) is 4. The summed E-state index contributed by atoms with van der Waals surface area (Å²) in [5.74, 6) is -1.33. The third-order valence-electron chi connectivity index (χ3n) is 5.78. The fourth-order valence-corrected chi connectivity index (χ4v) is 4.52. The van der Waals surface area contributed by atoms with Gasteiger partial charge in [0, 0.05) is 22.1 Å². The smallest absolute Gasteiger partial charge is 0.296 e. The van der Waals surface area contributed by atoms with E-state index >= 15 is 0 Å². The number of hydrogen-bond donors (Lipinski definition) is 5. The summed E-state index contributed by atoms with van der Waals surface area (Å²) in [4.78, 5) is 23.3. The average Bonchev–Trinajstić information content (AvgIpc) is 2.95. The Hall–Kier alpha value is -4.77.